The molecule has 0 radical (unpaired) electrons. The van der Waals surface area contributed by atoms with Gasteiger partial charge in [-0.15, -0.1) is 9.81 Å². The lowest BCUT2D eigenvalue weighted by atomic mass is 10.2. The van der Waals surface area contributed by atoms with Crippen LogP contribution < -0.4 is 75.4 Å². The molecule has 6 rings (SSSR count). The first-order valence-corrected chi connectivity index (χ1v) is 27.2. The lowest BCUT2D eigenvalue weighted by molar-refractivity contribution is -0.121. The van der Waals surface area contributed by atoms with E-state index in [-0.39, 0.29) is 19.6 Å². The van der Waals surface area contributed by atoms with Crippen LogP contribution in [0.2, 0.25) is 0 Å². The van der Waals surface area contributed by atoms with Crippen molar-refractivity contribution in [3.63, 3.8) is 0 Å². The Bertz CT molecular complexity index is 3040. The van der Waals surface area contributed by atoms with E-state index in [1.54, 1.807) is 75.6 Å². The summed E-state index contributed by atoms with van der Waals surface area (Å²) in [7, 11) is -14.4. The third-order valence-corrected chi connectivity index (χ3v) is 13.5. The highest BCUT2D eigenvalue weighted by molar-refractivity contribution is 7.90. The number of nitrogens with one attached hydrogen (secondary N) is 6. The van der Waals surface area contributed by atoms with Gasteiger partial charge < -0.3 is 27.7 Å². The number of hydrogen-bond donors (Lipinski definition) is 13. The van der Waals surface area contributed by atoms with Gasteiger partial charge in [-0.25, -0.2) is 70.1 Å². The van der Waals surface area contributed by atoms with Gasteiger partial charge in [0, 0.05) is 5.71 Å². The predicted octanol–water partition coefficient (Wildman–Crippen LogP) is -1.20. The minimum absolute atomic E-state index is 0.0113. The van der Waals surface area contributed by atoms with Crippen LogP contribution >= 0.6 is 0 Å². The maximum atomic E-state index is 11.6. The van der Waals surface area contributed by atoms with E-state index < -0.39 is 64.2 Å². The topological polar surface area (TPSA) is 577 Å². The Morgan fingerprint density at radius 3 is 0.987 bits per heavy atom. The number of rotatable bonds is 13. The number of hydrogen-bond acceptors (Lipinski definition) is 23. The molecule has 37 nitrogen and oxygen atoms in total. The summed E-state index contributed by atoms with van der Waals surface area (Å²) in [6.45, 7) is 9.84. The minimum atomic E-state index is -3.73. The van der Waals surface area contributed by atoms with Crippen LogP contribution in [0.3, 0.4) is 0 Å². The van der Waals surface area contributed by atoms with Gasteiger partial charge in [0.2, 0.25) is 0 Å². The van der Waals surface area contributed by atoms with Crippen LogP contribution in [0.25, 0.3) is 0 Å². The molecule has 0 aliphatic carbocycles. The van der Waals surface area contributed by atoms with Gasteiger partial charge in [-0.05, 0) is 100 Å². The molecule has 0 aromatic heterocycles. The standard InChI is InChI=1S/C12H14N4O5S2.C10H14N2O2S.C7H10N2O2S.C5H10N6O2.C2H6N4O2.C2H4N4O2/c13-15-22(17,18)11-5-1-9(2-6-11)21-10-3-7-12(8-4-10)23(19,20)16-14;1-8(2)11-12-15(13,14)10-6-4-9(3)5-7-10;1-6-2-4-7(5-3-6)12(10,11)9-8;12-6-10-2-8-1-9(4-10)5-11(3-8)7-13;2*3-1(7)5-6-2(4)8/h1-8,15-16H,13-14H2;4-7,12H,1-3H3;2-5,9H,8H2,1H3;1-5H2;(H3,3,5,7)(H3,4,6,8);(H2,3,7)(H2,4,8). The lowest BCUT2D eigenvalue weighted by Gasteiger charge is -2.45. The molecule has 4 aromatic rings. The Labute approximate surface area is 452 Å². The zero-order chi connectivity index (χ0) is 60.1. The molecule has 0 saturated carbocycles. The van der Waals surface area contributed by atoms with Gasteiger partial charge in [0.05, 0.1) is 63.5 Å². The summed E-state index contributed by atoms with van der Waals surface area (Å²) in [6, 6.07) is 20.3. The van der Waals surface area contributed by atoms with Crippen molar-refractivity contribution in [3.8, 4) is 11.5 Å². The first-order chi connectivity index (χ1) is 36.8. The number of nitrogens with two attached hydrogens (primary N) is 7. The van der Waals surface area contributed by atoms with Crippen molar-refractivity contribution >= 4 is 69.9 Å². The summed E-state index contributed by atoms with van der Waals surface area (Å²) in [4.78, 5) is 70.9. The molecule has 2 bridgehead atoms. The monoisotopic (exact) mass is 1190 g/mol. The zero-order valence-electron chi connectivity index (χ0n) is 42.1. The second-order valence-electron chi connectivity index (χ2n) is 15.3. The molecule has 8 amide bonds. The van der Waals surface area contributed by atoms with E-state index >= 15 is 0 Å². The molecular formula is C38H58N22O15S4. The molecule has 0 atom stereocenters. The number of carbonyl (C=O) groups excluding carboxylic acids is 4. The van der Waals surface area contributed by atoms with Gasteiger partial charge in [0.25, 0.3) is 40.1 Å². The number of primary amides is 4. The highest BCUT2D eigenvalue weighted by Crippen LogP contribution is 2.24. The normalized spacial score (nSPS) is 14.5. The zero-order valence-corrected chi connectivity index (χ0v) is 45.4. The summed E-state index contributed by atoms with van der Waals surface area (Å²) in [5, 5.41) is 17.4. The molecule has 434 valence electrons. The molecule has 2 aliphatic heterocycles. The third kappa shape index (κ3) is 26.9. The van der Waals surface area contributed by atoms with Crippen molar-refractivity contribution < 1.29 is 57.6 Å². The molecule has 2 fully saturated rings. The van der Waals surface area contributed by atoms with E-state index in [0.717, 1.165) is 17.8 Å². The van der Waals surface area contributed by atoms with Crippen molar-refractivity contribution in [1.29, 1.82) is 0 Å². The number of nitrogens with zero attached hydrogens (tertiary/aromatic N) is 9. The van der Waals surface area contributed by atoms with Crippen molar-refractivity contribution in [2.75, 3.05) is 33.3 Å². The largest absolute Gasteiger partial charge is 0.457 e. The molecule has 2 aliphatic rings. The first-order valence-electron chi connectivity index (χ1n) is 21.3. The number of carbonyl (C=O) groups is 4. The van der Waals surface area contributed by atoms with Crippen molar-refractivity contribution in [3.05, 3.63) is 118 Å². The van der Waals surface area contributed by atoms with Crippen LogP contribution in [0.15, 0.2) is 143 Å². The highest BCUT2D eigenvalue weighted by Gasteiger charge is 2.30. The maximum absolute atomic E-state index is 11.6. The summed E-state index contributed by atoms with van der Waals surface area (Å²) < 4.78 is 96.8. The summed E-state index contributed by atoms with van der Waals surface area (Å²) >= 11 is 0. The molecule has 4 aromatic carbocycles. The van der Waals surface area contributed by atoms with Crippen LogP contribution in [0.5, 0.6) is 11.5 Å². The van der Waals surface area contributed by atoms with Gasteiger partial charge in [-0.1, -0.05) is 45.6 Å². The molecule has 2 saturated heterocycles. The number of amides is 8. The third-order valence-electron chi connectivity index (χ3n) is 8.66. The lowest BCUT2D eigenvalue weighted by Crippen LogP contribution is -2.61. The van der Waals surface area contributed by atoms with E-state index in [1.165, 1.54) is 70.7 Å². The van der Waals surface area contributed by atoms with E-state index in [4.69, 9.17) is 22.3 Å². The van der Waals surface area contributed by atoms with Gasteiger partial charge in [0.15, 0.2) is 0 Å². The van der Waals surface area contributed by atoms with Gasteiger partial charge >= 0.3 is 24.1 Å². The quantitative estimate of drug-likeness (QED) is 0.0246. The van der Waals surface area contributed by atoms with Crippen LogP contribution in [-0.4, -0.2) is 117 Å². The highest BCUT2D eigenvalue weighted by atomic mass is 32.2. The van der Waals surface area contributed by atoms with Crippen LogP contribution in [0, 0.1) is 23.7 Å². The number of urea groups is 4. The summed E-state index contributed by atoms with van der Waals surface area (Å²) in [5.74, 6) is 15.4. The van der Waals surface area contributed by atoms with E-state index in [1.807, 2.05) is 23.6 Å². The first kappa shape index (κ1) is 68.5. The van der Waals surface area contributed by atoms with Crippen LogP contribution in [0.4, 0.5) is 19.2 Å². The number of hydrazone groups is 1. The fraction of sp³-hybridized carbons (Fsp3) is 0.237. The fourth-order valence-corrected chi connectivity index (χ4v) is 8.04. The van der Waals surface area contributed by atoms with E-state index in [9.17, 15) is 62.7 Å². The maximum Gasteiger partial charge on any atom is 0.357 e. The number of ether oxygens (including phenoxy) is 1. The van der Waals surface area contributed by atoms with Crippen LogP contribution in [0.1, 0.15) is 25.0 Å². The molecular weight excluding hydrogens is 1130 g/mol. The second-order valence-corrected chi connectivity index (χ2v) is 22.1. The van der Waals surface area contributed by atoms with E-state index in [2.05, 4.69) is 53.7 Å². The van der Waals surface area contributed by atoms with Gasteiger partial charge in [0.1, 0.15) is 11.5 Å². The molecule has 41 heteroatoms. The average Bonchev–Trinajstić information content (AvgIpc) is 3.40. The molecule has 0 spiro atoms. The molecule has 79 heavy (non-hydrogen) atoms. The minimum Gasteiger partial charge on any atom is -0.457 e. The number of nitroso groups, excluding NO2 is 2. The Morgan fingerprint density at radius 1 is 0.468 bits per heavy atom. The number of sulfonamides is 4. The Hall–Kier alpha value is -8.49. The predicted molar refractivity (Wildman–Crippen MR) is 281 cm³/mol. The van der Waals surface area contributed by atoms with Crippen molar-refractivity contribution in [1.82, 2.24) is 50.0 Å². The number of hydrazine groups is 4. The van der Waals surface area contributed by atoms with Gasteiger partial charge in [-0.3, -0.25) is 27.3 Å². The Kier molecular flexibility index (Phi) is 28.6. The fourth-order valence-electron chi connectivity index (χ4n) is 5.24. The SMILES string of the molecule is CC(C)=NNS(=O)(=O)c1ccc(C)cc1.Cc1ccc(S(=O)(=O)NN)cc1.NC(=O)N=NC(N)=O.NC(=O)NNC(N)=O.NNS(=O)(=O)c1ccc(Oc2ccc(S(=O)(=O)NN)cc2)cc1.O=NN1CN2CN(C1)CN(N=O)C2. The molecule has 20 N–H and O–H groups in total. The van der Waals surface area contributed by atoms with Crippen molar-refractivity contribution in [2.24, 2.45) is 66.4 Å². The Balaban J connectivity index is 0.000000494. The summed E-state index contributed by atoms with van der Waals surface area (Å²) in [5.41, 5.74) is 24.1. The molecule has 0 unspecified atom stereocenters. The van der Waals surface area contributed by atoms with E-state index in [0.29, 0.717) is 43.9 Å². The Morgan fingerprint density at radius 2 is 0.747 bits per heavy atom. The number of fused-ring (bicyclic) bond motifs is 2. The average molecular weight is 1190 g/mol. The summed E-state index contributed by atoms with van der Waals surface area (Å²) in [6.07, 6.45) is 0. The van der Waals surface area contributed by atoms with Crippen molar-refractivity contribution in [2.45, 2.75) is 47.3 Å². The number of benzene rings is 4. The van der Waals surface area contributed by atoms with Crippen LogP contribution in [-0.2, 0) is 40.1 Å². The second kappa shape index (κ2) is 32.9. The smallest absolute Gasteiger partial charge is 0.357 e. The number of aryl methyl sites for hydroxylation is 2. The molecule has 2 heterocycles. The van der Waals surface area contributed by atoms with Gasteiger partial charge in [-0.2, -0.15) is 28.0 Å². The number of azo groups is 1.